The first-order valence-electron chi connectivity index (χ1n) is 6.36. The van der Waals surface area contributed by atoms with Gasteiger partial charge < -0.3 is 10.0 Å². The van der Waals surface area contributed by atoms with Crippen molar-refractivity contribution in [3.05, 3.63) is 28.0 Å². The molecule has 0 aliphatic carbocycles. The highest BCUT2D eigenvalue weighted by Gasteiger charge is 2.30. The van der Waals surface area contributed by atoms with Crippen LogP contribution in [0.25, 0.3) is 6.08 Å². The first-order chi connectivity index (χ1) is 9.08. The zero-order valence-electron chi connectivity index (χ0n) is 10.8. The molecule has 0 saturated carbocycles. The summed E-state index contributed by atoms with van der Waals surface area (Å²) in [7, 11) is 0. The number of amides is 1. The molecule has 1 N–H and O–H groups in total. The van der Waals surface area contributed by atoms with Crippen molar-refractivity contribution in [1.82, 2.24) is 4.90 Å². The predicted molar refractivity (Wildman–Crippen MR) is 75.1 cm³/mol. The normalized spacial score (nSPS) is 19.8. The van der Waals surface area contributed by atoms with Crippen molar-refractivity contribution < 1.29 is 14.7 Å². The van der Waals surface area contributed by atoms with Gasteiger partial charge in [0.15, 0.2) is 0 Å². The van der Waals surface area contributed by atoms with E-state index in [0.29, 0.717) is 13.0 Å². The fraction of sp³-hybridized carbons (Fsp3) is 0.429. The Kier molecular flexibility index (Phi) is 4.37. The number of carboxylic acid groups (broad SMARTS) is 1. The third-order valence-corrected chi connectivity index (χ3v) is 4.19. The van der Waals surface area contributed by atoms with Crippen molar-refractivity contribution in [3.8, 4) is 0 Å². The summed E-state index contributed by atoms with van der Waals surface area (Å²) in [4.78, 5) is 26.9. The Balaban J connectivity index is 2.05. The van der Waals surface area contributed by atoms with Gasteiger partial charge >= 0.3 is 5.97 Å². The predicted octanol–water partition coefficient (Wildman–Crippen LogP) is 2.54. The molecule has 1 aliphatic rings. The van der Waals surface area contributed by atoms with E-state index in [0.717, 1.165) is 17.7 Å². The Morgan fingerprint density at radius 3 is 2.84 bits per heavy atom. The number of carbonyl (C=O) groups is 2. The largest absolute Gasteiger partial charge is 0.480 e. The molecule has 2 rings (SSSR count). The van der Waals surface area contributed by atoms with Crippen molar-refractivity contribution in [2.45, 2.75) is 32.2 Å². The maximum Gasteiger partial charge on any atom is 0.326 e. The average Bonchev–Trinajstić information content (AvgIpc) is 2.81. The molecule has 1 aromatic rings. The molecule has 1 aliphatic heterocycles. The number of carboxylic acids is 1. The molecule has 1 amide bonds. The molecule has 0 radical (unpaired) electrons. The number of hydrogen-bond acceptors (Lipinski definition) is 3. The molecule has 19 heavy (non-hydrogen) atoms. The van der Waals surface area contributed by atoms with Crippen LogP contribution in [0.4, 0.5) is 0 Å². The summed E-state index contributed by atoms with van der Waals surface area (Å²) in [5.41, 5.74) is 0. The highest BCUT2D eigenvalue weighted by atomic mass is 32.1. The maximum atomic E-state index is 12.1. The molecule has 4 nitrogen and oxygen atoms in total. The minimum absolute atomic E-state index is 0.210. The van der Waals surface area contributed by atoms with Crippen LogP contribution in [0.2, 0.25) is 0 Å². The summed E-state index contributed by atoms with van der Waals surface area (Å²) in [5.74, 6) is -1.12. The molecule has 1 fully saturated rings. The molecule has 1 saturated heterocycles. The Hall–Kier alpha value is -1.62. The topological polar surface area (TPSA) is 57.6 Å². The number of piperidine rings is 1. The highest BCUT2D eigenvalue weighted by molar-refractivity contribution is 7.12. The number of thiophene rings is 1. The van der Waals surface area contributed by atoms with Crippen molar-refractivity contribution in [2.24, 2.45) is 0 Å². The summed E-state index contributed by atoms with van der Waals surface area (Å²) >= 11 is 1.61. The minimum Gasteiger partial charge on any atom is -0.480 e. The average molecular weight is 279 g/mol. The van der Waals surface area contributed by atoms with Gasteiger partial charge in [-0.1, -0.05) is 0 Å². The van der Waals surface area contributed by atoms with Gasteiger partial charge in [-0.3, -0.25) is 4.79 Å². The summed E-state index contributed by atoms with van der Waals surface area (Å²) < 4.78 is 0. The Morgan fingerprint density at radius 1 is 1.42 bits per heavy atom. The van der Waals surface area contributed by atoms with E-state index in [2.05, 4.69) is 0 Å². The Labute approximate surface area is 116 Å². The Morgan fingerprint density at radius 2 is 2.21 bits per heavy atom. The first-order valence-corrected chi connectivity index (χ1v) is 7.17. The van der Waals surface area contributed by atoms with E-state index in [-0.39, 0.29) is 5.91 Å². The summed E-state index contributed by atoms with van der Waals surface area (Å²) in [6.45, 7) is 2.54. The number of rotatable bonds is 3. The van der Waals surface area contributed by atoms with Crippen LogP contribution in [0.1, 0.15) is 29.0 Å². The third-order valence-electron chi connectivity index (χ3n) is 3.22. The molecular formula is C14H17NO3S. The standard InChI is InChI=1S/C14H17NO3S/c1-10-5-6-11(19-10)7-8-13(16)15-9-3-2-4-12(15)14(17)18/h5-8,12H,2-4,9H2,1H3,(H,17,18)/b8-7+/t12-/m0/s1. The minimum atomic E-state index is -0.909. The smallest absolute Gasteiger partial charge is 0.326 e. The molecule has 0 bridgehead atoms. The molecule has 1 atom stereocenters. The number of nitrogens with zero attached hydrogens (tertiary/aromatic N) is 1. The Bertz CT molecular complexity index is 507. The molecule has 0 unspecified atom stereocenters. The van der Waals surface area contributed by atoms with Gasteiger partial charge in [0, 0.05) is 22.4 Å². The van der Waals surface area contributed by atoms with Gasteiger partial charge in [-0.25, -0.2) is 4.79 Å². The quantitative estimate of drug-likeness (QED) is 0.865. The van der Waals surface area contributed by atoms with E-state index in [1.807, 2.05) is 19.1 Å². The second kappa shape index (κ2) is 6.02. The van der Waals surface area contributed by atoms with Crippen LogP contribution in [0.5, 0.6) is 0 Å². The summed E-state index contributed by atoms with van der Waals surface area (Å²) in [5, 5.41) is 9.13. The lowest BCUT2D eigenvalue weighted by Crippen LogP contribution is -2.47. The van der Waals surface area contributed by atoms with Gasteiger partial charge in [0.05, 0.1) is 0 Å². The van der Waals surface area contributed by atoms with Crippen LogP contribution < -0.4 is 0 Å². The first kappa shape index (κ1) is 13.8. The van der Waals surface area contributed by atoms with Crippen LogP contribution in [0, 0.1) is 6.92 Å². The van der Waals surface area contributed by atoms with Crippen LogP contribution in [0.3, 0.4) is 0 Å². The van der Waals surface area contributed by atoms with Crippen LogP contribution in [-0.2, 0) is 9.59 Å². The summed E-state index contributed by atoms with van der Waals surface area (Å²) in [6.07, 6.45) is 5.53. The summed E-state index contributed by atoms with van der Waals surface area (Å²) in [6, 6.07) is 3.28. The van der Waals surface area contributed by atoms with E-state index < -0.39 is 12.0 Å². The number of likely N-dealkylation sites (tertiary alicyclic amines) is 1. The molecule has 102 valence electrons. The van der Waals surface area contributed by atoms with Gasteiger partial charge in [-0.2, -0.15) is 0 Å². The highest BCUT2D eigenvalue weighted by Crippen LogP contribution is 2.19. The molecule has 0 aromatic carbocycles. The monoisotopic (exact) mass is 279 g/mol. The SMILES string of the molecule is Cc1ccc(/C=C/C(=O)N2CCCC[C@H]2C(=O)O)s1. The van der Waals surface area contributed by atoms with Gasteiger partial charge in [0.1, 0.15) is 6.04 Å². The molecular weight excluding hydrogens is 262 g/mol. The number of carbonyl (C=O) groups excluding carboxylic acids is 1. The second-order valence-corrected chi connectivity index (χ2v) is 5.98. The molecule has 1 aromatic heterocycles. The zero-order chi connectivity index (χ0) is 13.8. The number of aliphatic carboxylic acids is 1. The van der Waals surface area contributed by atoms with Gasteiger partial charge in [-0.15, -0.1) is 11.3 Å². The van der Waals surface area contributed by atoms with E-state index in [4.69, 9.17) is 5.11 Å². The lowest BCUT2D eigenvalue weighted by Gasteiger charge is -2.32. The van der Waals surface area contributed by atoms with E-state index in [1.54, 1.807) is 17.4 Å². The lowest BCUT2D eigenvalue weighted by molar-refractivity contribution is -0.150. The van der Waals surface area contributed by atoms with Gasteiger partial charge in [0.25, 0.3) is 0 Å². The molecule has 5 heteroatoms. The van der Waals surface area contributed by atoms with Crippen molar-refractivity contribution in [2.75, 3.05) is 6.54 Å². The van der Waals surface area contributed by atoms with E-state index in [1.165, 1.54) is 15.9 Å². The fourth-order valence-corrected chi connectivity index (χ4v) is 3.02. The lowest BCUT2D eigenvalue weighted by atomic mass is 10.0. The van der Waals surface area contributed by atoms with E-state index in [9.17, 15) is 9.59 Å². The maximum absolute atomic E-state index is 12.1. The van der Waals surface area contributed by atoms with Crippen LogP contribution in [-0.4, -0.2) is 34.5 Å². The number of aryl methyl sites for hydroxylation is 1. The van der Waals surface area contributed by atoms with Crippen LogP contribution in [0.15, 0.2) is 18.2 Å². The molecule has 0 spiro atoms. The number of hydrogen-bond donors (Lipinski definition) is 1. The van der Waals surface area contributed by atoms with Crippen molar-refractivity contribution in [3.63, 3.8) is 0 Å². The fourth-order valence-electron chi connectivity index (χ4n) is 2.24. The zero-order valence-corrected chi connectivity index (χ0v) is 11.7. The van der Waals surface area contributed by atoms with Crippen LogP contribution >= 0.6 is 11.3 Å². The van der Waals surface area contributed by atoms with Crippen molar-refractivity contribution >= 4 is 29.3 Å². The third kappa shape index (κ3) is 3.44. The van der Waals surface area contributed by atoms with Gasteiger partial charge in [-0.05, 0) is 44.4 Å². The van der Waals surface area contributed by atoms with Gasteiger partial charge in [0.2, 0.25) is 5.91 Å². The van der Waals surface area contributed by atoms with Crippen molar-refractivity contribution in [1.29, 1.82) is 0 Å². The molecule has 2 heterocycles. The second-order valence-electron chi connectivity index (χ2n) is 4.66. The van der Waals surface area contributed by atoms with E-state index >= 15 is 0 Å².